The number of hydrogen-bond acceptors (Lipinski definition) is 2. The largest absolute Gasteiger partial charge is 0.296 e. The van der Waals surface area contributed by atoms with E-state index in [2.05, 4.69) is 30.7 Å². The fourth-order valence-corrected chi connectivity index (χ4v) is 1.65. The minimum atomic E-state index is 0.647. The SMILES string of the molecule is CN=CC1=C(C)CCN(C(C)C)C1. The topological polar surface area (TPSA) is 15.6 Å². The Balaban J connectivity index is 2.70. The molecule has 0 bridgehead atoms. The molecule has 0 N–H and O–H groups in total. The average Bonchev–Trinajstić information content (AvgIpc) is 2.08. The normalized spacial score (nSPS) is 20.7. The lowest BCUT2D eigenvalue weighted by atomic mass is 10.0. The van der Waals surface area contributed by atoms with E-state index in [0.717, 1.165) is 6.54 Å². The summed E-state index contributed by atoms with van der Waals surface area (Å²) in [6, 6.07) is 0.647. The van der Waals surface area contributed by atoms with Crippen molar-refractivity contribution in [1.82, 2.24) is 4.90 Å². The van der Waals surface area contributed by atoms with Crippen molar-refractivity contribution >= 4 is 6.21 Å². The van der Waals surface area contributed by atoms with Crippen molar-refractivity contribution in [1.29, 1.82) is 0 Å². The van der Waals surface area contributed by atoms with Gasteiger partial charge in [-0.3, -0.25) is 9.89 Å². The second kappa shape index (κ2) is 4.56. The summed E-state index contributed by atoms with van der Waals surface area (Å²) < 4.78 is 0. The summed E-state index contributed by atoms with van der Waals surface area (Å²) in [4.78, 5) is 6.58. The predicted molar refractivity (Wildman–Crippen MR) is 58.4 cm³/mol. The molecule has 2 nitrogen and oxygen atoms in total. The zero-order valence-corrected chi connectivity index (χ0v) is 9.17. The average molecular weight is 180 g/mol. The molecule has 13 heavy (non-hydrogen) atoms. The first-order valence-electron chi connectivity index (χ1n) is 5.00. The van der Waals surface area contributed by atoms with E-state index < -0.39 is 0 Å². The molecule has 0 radical (unpaired) electrons. The monoisotopic (exact) mass is 180 g/mol. The van der Waals surface area contributed by atoms with Gasteiger partial charge in [0.1, 0.15) is 0 Å². The first-order chi connectivity index (χ1) is 6.15. The maximum absolute atomic E-state index is 4.09. The van der Waals surface area contributed by atoms with Crippen molar-refractivity contribution in [2.75, 3.05) is 20.1 Å². The quantitative estimate of drug-likeness (QED) is 0.594. The van der Waals surface area contributed by atoms with E-state index >= 15 is 0 Å². The molecule has 1 heterocycles. The molecular formula is C11H20N2. The maximum Gasteiger partial charge on any atom is 0.0277 e. The molecule has 0 saturated heterocycles. The fourth-order valence-electron chi connectivity index (χ4n) is 1.65. The van der Waals surface area contributed by atoms with E-state index in [4.69, 9.17) is 0 Å². The van der Waals surface area contributed by atoms with Gasteiger partial charge in [0.05, 0.1) is 0 Å². The number of hydrogen-bond donors (Lipinski definition) is 0. The van der Waals surface area contributed by atoms with Crippen LogP contribution in [0.2, 0.25) is 0 Å². The van der Waals surface area contributed by atoms with Crippen LogP contribution in [0, 0.1) is 0 Å². The molecule has 0 amide bonds. The maximum atomic E-state index is 4.09. The van der Waals surface area contributed by atoms with Crippen LogP contribution in [0.3, 0.4) is 0 Å². The lowest BCUT2D eigenvalue weighted by molar-refractivity contribution is 0.236. The van der Waals surface area contributed by atoms with Crippen molar-refractivity contribution in [3.05, 3.63) is 11.1 Å². The highest BCUT2D eigenvalue weighted by Crippen LogP contribution is 2.17. The van der Waals surface area contributed by atoms with Crippen LogP contribution in [-0.2, 0) is 0 Å². The van der Waals surface area contributed by atoms with Crippen LogP contribution >= 0.6 is 0 Å². The summed E-state index contributed by atoms with van der Waals surface area (Å²) in [7, 11) is 1.84. The van der Waals surface area contributed by atoms with Gasteiger partial charge in [-0.05, 0) is 32.8 Å². The lowest BCUT2D eigenvalue weighted by Crippen LogP contribution is -2.37. The minimum absolute atomic E-state index is 0.647. The molecule has 0 atom stereocenters. The van der Waals surface area contributed by atoms with Crippen molar-refractivity contribution in [3.63, 3.8) is 0 Å². The lowest BCUT2D eigenvalue weighted by Gasteiger charge is -2.31. The molecule has 1 rings (SSSR count). The van der Waals surface area contributed by atoms with Gasteiger partial charge in [0.25, 0.3) is 0 Å². The molecule has 0 aromatic carbocycles. The molecule has 1 aliphatic heterocycles. The van der Waals surface area contributed by atoms with Crippen LogP contribution in [0.25, 0.3) is 0 Å². The zero-order chi connectivity index (χ0) is 9.84. The predicted octanol–water partition coefficient (Wildman–Crippen LogP) is 2.12. The summed E-state index contributed by atoms with van der Waals surface area (Å²) in [5.74, 6) is 0. The number of rotatable bonds is 2. The molecule has 1 aliphatic rings. The van der Waals surface area contributed by atoms with E-state index in [9.17, 15) is 0 Å². The first-order valence-corrected chi connectivity index (χ1v) is 5.00. The molecule has 0 saturated carbocycles. The van der Waals surface area contributed by atoms with Gasteiger partial charge >= 0.3 is 0 Å². The van der Waals surface area contributed by atoms with Gasteiger partial charge in [-0.15, -0.1) is 0 Å². The second-order valence-electron chi connectivity index (χ2n) is 4.01. The Hall–Kier alpha value is -0.630. The minimum Gasteiger partial charge on any atom is -0.296 e. The molecule has 0 fully saturated rings. The van der Waals surface area contributed by atoms with Crippen molar-refractivity contribution < 1.29 is 0 Å². The van der Waals surface area contributed by atoms with Crippen molar-refractivity contribution in [2.45, 2.75) is 33.2 Å². The second-order valence-corrected chi connectivity index (χ2v) is 4.01. The fraction of sp³-hybridized carbons (Fsp3) is 0.727. The third-order valence-electron chi connectivity index (χ3n) is 2.71. The van der Waals surface area contributed by atoms with E-state index in [0.29, 0.717) is 6.04 Å². The third kappa shape index (κ3) is 2.66. The van der Waals surface area contributed by atoms with Crippen LogP contribution in [-0.4, -0.2) is 37.3 Å². The van der Waals surface area contributed by atoms with Gasteiger partial charge < -0.3 is 0 Å². The van der Waals surface area contributed by atoms with E-state index in [1.807, 2.05) is 13.3 Å². The van der Waals surface area contributed by atoms with Crippen LogP contribution in [0.5, 0.6) is 0 Å². The van der Waals surface area contributed by atoms with Gasteiger partial charge in [0, 0.05) is 32.4 Å². The first kappa shape index (κ1) is 10.5. The molecule has 2 heteroatoms. The smallest absolute Gasteiger partial charge is 0.0277 e. The van der Waals surface area contributed by atoms with E-state index in [1.165, 1.54) is 24.1 Å². The summed E-state index contributed by atoms with van der Waals surface area (Å²) in [6.45, 7) is 8.99. The zero-order valence-electron chi connectivity index (χ0n) is 9.17. The van der Waals surface area contributed by atoms with E-state index in [-0.39, 0.29) is 0 Å². The molecule has 0 aromatic heterocycles. The Morgan fingerprint density at radius 2 is 2.15 bits per heavy atom. The summed E-state index contributed by atoms with van der Waals surface area (Å²) in [6.07, 6.45) is 3.20. The Morgan fingerprint density at radius 3 is 2.69 bits per heavy atom. The molecule has 0 aromatic rings. The van der Waals surface area contributed by atoms with Gasteiger partial charge in [-0.2, -0.15) is 0 Å². The van der Waals surface area contributed by atoms with Gasteiger partial charge in [0.15, 0.2) is 0 Å². The summed E-state index contributed by atoms with van der Waals surface area (Å²) >= 11 is 0. The van der Waals surface area contributed by atoms with Crippen molar-refractivity contribution in [3.8, 4) is 0 Å². The highest BCUT2D eigenvalue weighted by molar-refractivity contribution is 5.80. The Bertz CT molecular complexity index is 226. The molecular weight excluding hydrogens is 160 g/mol. The Morgan fingerprint density at radius 1 is 1.46 bits per heavy atom. The van der Waals surface area contributed by atoms with Crippen LogP contribution in [0.1, 0.15) is 27.2 Å². The number of nitrogens with zero attached hydrogens (tertiary/aromatic N) is 2. The highest BCUT2D eigenvalue weighted by Gasteiger charge is 2.16. The van der Waals surface area contributed by atoms with Gasteiger partial charge in [0.2, 0.25) is 0 Å². The van der Waals surface area contributed by atoms with Crippen LogP contribution in [0.15, 0.2) is 16.1 Å². The van der Waals surface area contributed by atoms with Gasteiger partial charge in [-0.1, -0.05) is 5.57 Å². The molecule has 0 spiro atoms. The third-order valence-corrected chi connectivity index (χ3v) is 2.71. The number of aliphatic imine (C=N–C) groups is 1. The van der Waals surface area contributed by atoms with Crippen molar-refractivity contribution in [2.24, 2.45) is 4.99 Å². The van der Waals surface area contributed by atoms with E-state index in [1.54, 1.807) is 0 Å². The molecule has 74 valence electrons. The summed E-state index contributed by atoms with van der Waals surface area (Å²) in [5.41, 5.74) is 2.91. The Labute approximate surface area is 81.3 Å². The van der Waals surface area contributed by atoms with Crippen LogP contribution in [0.4, 0.5) is 0 Å². The van der Waals surface area contributed by atoms with Gasteiger partial charge in [-0.25, -0.2) is 0 Å². The Kier molecular flexibility index (Phi) is 3.67. The summed E-state index contributed by atoms with van der Waals surface area (Å²) in [5, 5.41) is 0. The highest BCUT2D eigenvalue weighted by atomic mass is 15.1. The molecule has 0 unspecified atom stereocenters. The van der Waals surface area contributed by atoms with Crippen LogP contribution < -0.4 is 0 Å². The molecule has 0 aliphatic carbocycles. The standard InChI is InChI=1S/C11H20N2/c1-9(2)13-6-5-10(3)11(8-13)7-12-4/h7,9H,5-6,8H2,1-4H3.